The summed E-state index contributed by atoms with van der Waals surface area (Å²) >= 11 is 0. The van der Waals surface area contributed by atoms with E-state index in [1.54, 1.807) is 6.07 Å². The van der Waals surface area contributed by atoms with E-state index in [0.717, 1.165) is 18.7 Å². The minimum absolute atomic E-state index is 0.0742. The zero-order valence-corrected chi connectivity index (χ0v) is 9.66. The summed E-state index contributed by atoms with van der Waals surface area (Å²) in [5, 5.41) is 6.10. The van der Waals surface area contributed by atoms with Gasteiger partial charge in [-0.2, -0.15) is 0 Å². The van der Waals surface area contributed by atoms with Crippen LogP contribution >= 0.6 is 0 Å². The van der Waals surface area contributed by atoms with Gasteiger partial charge in [-0.15, -0.1) is 0 Å². The van der Waals surface area contributed by atoms with Crippen LogP contribution in [0.2, 0.25) is 0 Å². The fourth-order valence-corrected chi connectivity index (χ4v) is 1.42. The van der Waals surface area contributed by atoms with Crippen LogP contribution in [0.4, 0.5) is 5.82 Å². The maximum atomic E-state index is 11.7. The molecule has 16 heavy (non-hydrogen) atoms. The second-order valence-corrected chi connectivity index (χ2v) is 4.45. The number of hydrogen-bond acceptors (Lipinski definition) is 3. The van der Waals surface area contributed by atoms with Crippen LogP contribution in [0.1, 0.15) is 37.2 Å². The number of rotatable bonds is 4. The maximum absolute atomic E-state index is 11.7. The first-order valence-electron chi connectivity index (χ1n) is 5.69. The molecule has 86 valence electrons. The fourth-order valence-electron chi connectivity index (χ4n) is 1.42. The van der Waals surface area contributed by atoms with Crippen molar-refractivity contribution >= 4 is 11.7 Å². The number of amides is 1. The van der Waals surface area contributed by atoms with Crippen LogP contribution in [0, 0.1) is 0 Å². The summed E-state index contributed by atoms with van der Waals surface area (Å²) in [6.07, 6.45) is 2.19. The molecule has 0 aliphatic heterocycles. The van der Waals surface area contributed by atoms with E-state index < -0.39 is 0 Å². The van der Waals surface area contributed by atoms with Gasteiger partial charge in [-0.05, 0) is 38.8 Å². The molecule has 0 spiro atoms. The molecular formula is C12H17N3O. The van der Waals surface area contributed by atoms with Crippen molar-refractivity contribution in [1.82, 2.24) is 10.3 Å². The minimum atomic E-state index is -0.0742. The highest BCUT2D eigenvalue weighted by Crippen LogP contribution is 2.19. The number of anilines is 1. The molecule has 0 radical (unpaired) electrons. The SMILES string of the molecule is CC(C)Nc1cccc(C(=O)NC2CC2)n1. The van der Waals surface area contributed by atoms with Gasteiger partial charge in [0.25, 0.3) is 5.91 Å². The van der Waals surface area contributed by atoms with Gasteiger partial charge in [0, 0.05) is 12.1 Å². The van der Waals surface area contributed by atoms with Crippen LogP contribution in [-0.2, 0) is 0 Å². The lowest BCUT2D eigenvalue weighted by Gasteiger charge is -2.10. The molecule has 1 saturated carbocycles. The minimum Gasteiger partial charge on any atom is -0.368 e. The highest BCUT2D eigenvalue weighted by atomic mass is 16.2. The average Bonchev–Trinajstić information content (AvgIpc) is 3.01. The van der Waals surface area contributed by atoms with E-state index in [4.69, 9.17) is 0 Å². The lowest BCUT2D eigenvalue weighted by Crippen LogP contribution is -2.26. The van der Waals surface area contributed by atoms with E-state index in [1.807, 2.05) is 26.0 Å². The number of hydrogen-bond donors (Lipinski definition) is 2. The van der Waals surface area contributed by atoms with E-state index in [1.165, 1.54) is 0 Å². The molecule has 1 heterocycles. The first-order valence-corrected chi connectivity index (χ1v) is 5.69. The van der Waals surface area contributed by atoms with E-state index in [-0.39, 0.29) is 5.91 Å². The van der Waals surface area contributed by atoms with Crippen LogP contribution in [0.15, 0.2) is 18.2 Å². The van der Waals surface area contributed by atoms with E-state index in [2.05, 4.69) is 15.6 Å². The molecule has 0 aromatic carbocycles. The number of pyridine rings is 1. The molecule has 2 rings (SSSR count). The molecule has 1 aromatic rings. The van der Waals surface area contributed by atoms with Gasteiger partial charge in [0.15, 0.2) is 0 Å². The molecule has 1 amide bonds. The summed E-state index contributed by atoms with van der Waals surface area (Å²) in [6, 6.07) is 6.14. The predicted molar refractivity (Wildman–Crippen MR) is 63.5 cm³/mol. The number of carbonyl (C=O) groups is 1. The Labute approximate surface area is 95.5 Å². The average molecular weight is 219 g/mol. The first-order chi connectivity index (χ1) is 7.65. The molecule has 0 bridgehead atoms. The molecule has 1 aromatic heterocycles. The number of carbonyl (C=O) groups excluding carboxylic acids is 1. The van der Waals surface area contributed by atoms with Crippen molar-refractivity contribution in [2.24, 2.45) is 0 Å². The van der Waals surface area contributed by atoms with Crippen LogP contribution in [0.3, 0.4) is 0 Å². The van der Waals surface area contributed by atoms with Crippen molar-refractivity contribution in [3.63, 3.8) is 0 Å². The van der Waals surface area contributed by atoms with Crippen molar-refractivity contribution in [2.75, 3.05) is 5.32 Å². The number of aromatic nitrogens is 1. The van der Waals surface area contributed by atoms with Gasteiger partial charge in [-0.3, -0.25) is 4.79 Å². The molecule has 4 nitrogen and oxygen atoms in total. The zero-order chi connectivity index (χ0) is 11.5. The summed E-state index contributed by atoms with van der Waals surface area (Å²) in [4.78, 5) is 16.0. The van der Waals surface area contributed by atoms with Crippen molar-refractivity contribution in [3.8, 4) is 0 Å². The number of nitrogens with zero attached hydrogens (tertiary/aromatic N) is 1. The Morgan fingerprint density at radius 2 is 2.19 bits per heavy atom. The van der Waals surface area contributed by atoms with Crippen molar-refractivity contribution in [3.05, 3.63) is 23.9 Å². The first kappa shape index (κ1) is 10.9. The van der Waals surface area contributed by atoms with Gasteiger partial charge in [0.05, 0.1) is 0 Å². The molecule has 0 saturated heterocycles. The summed E-state index contributed by atoms with van der Waals surface area (Å²) in [6.45, 7) is 4.08. The molecule has 0 unspecified atom stereocenters. The van der Waals surface area contributed by atoms with Crippen LogP contribution in [-0.4, -0.2) is 23.0 Å². The quantitative estimate of drug-likeness (QED) is 0.811. The van der Waals surface area contributed by atoms with E-state index in [0.29, 0.717) is 17.8 Å². The Balaban J connectivity index is 2.04. The summed E-state index contributed by atoms with van der Waals surface area (Å²) < 4.78 is 0. The third-order valence-electron chi connectivity index (χ3n) is 2.33. The van der Waals surface area contributed by atoms with E-state index >= 15 is 0 Å². The van der Waals surface area contributed by atoms with Gasteiger partial charge < -0.3 is 10.6 Å². The molecule has 1 aliphatic rings. The van der Waals surface area contributed by atoms with Crippen LogP contribution in [0.25, 0.3) is 0 Å². The summed E-state index contributed by atoms with van der Waals surface area (Å²) in [7, 11) is 0. The Kier molecular flexibility index (Phi) is 3.08. The smallest absolute Gasteiger partial charge is 0.270 e. The van der Waals surface area contributed by atoms with Gasteiger partial charge in [-0.25, -0.2) is 4.98 Å². The lowest BCUT2D eigenvalue weighted by molar-refractivity contribution is 0.0946. The van der Waals surface area contributed by atoms with Crippen molar-refractivity contribution < 1.29 is 4.79 Å². The van der Waals surface area contributed by atoms with Crippen LogP contribution in [0.5, 0.6) is 0 Å². The standard InChI is InChI=1S/C12H17N3O/c1-8(2)13-11-5-3-4-10(15-11)12(16)14-9-6-7-9/h3-5,8-9H,6-7H2,1-2H3,(H,13,15)(H,14,16). The summed E-state index contributed by atoms with van der Waals surface area (Å²) in [5.74, 6) is 0.674. The van der Waals surface area contributed by atoms with Gasteiger partial charge in [0.2, 0.25) is 0 Å². The second-order valence-electron chi connectivity index (χ2n) is 4.45. The van der Waals surface area contributed by atoms with E-state index in [9.17, 15) is 4.79 Å². The number of nitrogens with one attached hydrogen (secondary N) is 2. The Morgan fingerprint density at radius 3 is 2.81 bits per heavy atom. The third kappa shape index (κ3) is 2.95. The van der Waals surface area contributed by atoms with Gasteiger partial charge >= 0.3 is 0 Å². The normalized spacial score (nSPS) is 14.9. The Bertz CT molecular complexity index is 386. The van der Waals surface area contributed by atoms with Gasteiger partial charge in [-0.1, -0.05) is 6.07 Å². The molecule has 2 N–H and O–H groups in total. The summed E-state index contributed by atoms with van der Waals surface area (Å²) in [5.41, 5.74) is 0.484. The highest BCUT2D eigenvalue weighted by Gasteiger charge is 2.24. The van der Waals surface area contributed by atoms with Gasteiger partial charge in [0.1, 0.15) is 11.5 Å². The van der Waals surface area contributed by atoms with Crippen LogP contribution < -0.4 is 10.6 Å². The monoisotopic (exact) mass is 219 g/mol. The maximum Gasteiger partial charge on any atom is 0.270 e. The molecular weight excluding hydrogens is 202 g/mol. The fraction of sp³-hybridized carbons (Fsp3) is 0.500. The topological polar surface area (TPSA) is 54.0 Å². The third-order valence-corrected chi connectivity index (χ3v) is 2.33. The van der Waals surface area contributed by atoms with Crippen molar-refractivity contribution in [2.45, 2.75) is 38.8 Å². The zero-order valence-electron chi connectivity index (χ0n) is 9.66. The molecule has 0 atom stereocenters. The molecule has 4 heteroatoms. The Morgan fingerprint density at radius 1 is 1.44 bits per heavy atom. The lowest BCUT2D eigenvalue weighted by atomic mass is 10.3. The molecule has 1 fully saturated rings. The predicted octanol–water partition coefficient (Wildman–Crippen LogP) is 1.79. The largest absolute Gasteiger partial charge is 0.368 e. The highest BCUT2D eigenvalue weighted by molar-refractivity contribution is 5.93. The second kappa shape index (κ2) is 4.51. The molecule has 1 aliphatic carbocycles. The Hall–Kier alpha value is -1.58. The van der Waals surface area contributed by atoms with Crippen molar-refractivity contribution in [1.29, 1.82) is 0 Å².